The van der Waals surface area contributed by atoms with E-state index in [4.69, 9.17) is 0 Å². The van der Waals surface area contributed by atoms with Gasteiger partial charge in [0.2, 0.25) is 0 Å². The van der Waals surface area contributed by atoms with Crippen LogP contribution in [0.2, 0.25) is 0 Å². The number of carboxylic acid groups (broad SMARTS) is 3. The molecule has 0 amide bonds. The number of unbranched alkanes of at least 4 members (excludes halogenated alkanes) is 6. The van der Waals surface area contributed by atoms with Crippen molar-refractivity contribution < 1.29 is 66.6 Å². The van der Waals surface area contributed by atoms with Gasteiger partial charge in [-0.1, -0.05) is 127 Å². The zero-order valence-corrected chi connectivity index (χ0v) is 27.0. The van der Waals surface area contributed by atoms with Gasteiger partial charge in [-0.25, -0.2) is 0 Å². The summed E-state index contributed by atoms with van der Waals surface area (Å²) in [5.41, 5.74) is -1.84. The fourth-order valence-electron chi connectivity index (χ4n) is 3.73. The van der Waals surface area contributed by atoms with Crippen molar-refractivity contribution in [1.82, 2.24) is 0 Å². The van der Waals surface area contributed by atoms with E-state index in [1.165, 1.54) is 12.8 Å². The summed E-state index contributed by atoms with van der Waals surface area (Å²) in [7, 11) is 0. The van der Waals surface area contributed by atoms with Crippen molar-refractivity contribution in [3.05, 3.63) is 0 Å². The molecule has 0 N–H and O–H groups in total. The fourth-order valence-corrected chi connectivity index (χ4v) is 3.73. The van der Waals surface area contributed by atoms with Crippen LogP contribution in [-0.2, 0) is 14.4 Å². The normalized spacial score (nSPS) is 13.9. The van der Waals surface area contributed by atoms with Crippen LogP contribution in [0.1, 0.15) is 159 Å². The molecule has 6 nitrogen and oxygen atoms in total. The average Bonchev–Trinajstić information content (AvgIpc) is 2.81. The average molecular weight is 689 g/mol. The van der Waals surface area contributed by atoms with Gasteiger partial charge in [0.15, 0.2) is 0 Å². The Kier molecular flexibility index (Phi) is 29.1. The molecule has 0 aliphatic rings. The first kappa shape index (κ1) is 43.7. The van der Waals surface area contributed by atoms with Gasteiger partial charge in [-0.3, -0.25) is 0 Å². The zero-order valence-electron chi connectivity index (χ0n) is 25.3. The van der Waals surface area contributed by atoms with Gasteiger partial charge in [-0.15, -0.1) is 0 Å². The molecule has 0 rings (SSSR count). The van der Waals surface area contributed by atoms with E-state index in [2.05, 4.69) is 20.8 Å². The quantitative estimate of drug-likeness (QED) is 0.183. The molecule has 0 aliphatic carbocycles. The molecule has 0 spiro atoms. The topological polar surface area (TPSA) is 120 Å². The molecule has 0 fully saturated rings. The van der Waals surface area contributed by atoms with E-state index < -0.39 is 34.2 Å². The molecular weight excluding hydrogens is 631 g/mol. The number of carbonyl (C=O) groups excluding carboxylic acids is 3. The van der Waals surface area contributed by atoms with Gasteiger partial charge < -0.3 is 29.7 Å². The first-order chi connectivity index (χ1) is 16.6. The summed E-state index contributed by atoms with van der Waals surface area (Å²) in [6.45, 7) is 17.3. The van der Waals surface area contributed by atoms with Crippen molar-refractivity contribution in [3.63, 3.8) is 0 Å². The number of hydrogen-bond donors (Lipinski definition) is 0. The van der Waals surface area contributed by atoms with Crippen molar-refractivity contribution in [2.24, 2.45) is 16.2 Å². The predicted molar refractivity (Wildman–Crippen MR) is 143 cm³/mol. The monoisotopic (exact) mass is 688 g/mol. The minimum atomic E-state index is -0.931. The molecule has 0 radical (unpaired) electrons. The molecule has 0 aromatic heterocycles. The van der Waals surface area contributed by atoms with Crippen molar-refractivity contribution in [2.45, 2.75) is 159 Å². The molecule has 2 atom stereocenters. The van der Waals surface area contributed by atoms with Gasteiger partial charge in [0.25, 0.3) is 0 Å². The van der Waals surface area contributed by atoms with Crippen LogP contribution >= 0.6 is 0 Å². The standard InChI is InChI=1S/3C10H20O2.Lu/c1-4-5-6-7-8-10(2,3)9(11)12;1-4-6-7-8-10(3,5-2)9(11)12;1-4-6-8-10(3,7-5-2)9(11)12;/h3*4-8H2,1-3H3,(H,11,12);/q;;;+3/p-3. The molecule has 0 heterocycles. The number of rotatable bonds is 18. The largest absolute Gasteiger partial charge is 3.00 e. The molecule has 0 aliphatic heterocycles. The maximum absolute atomic E-state index is 10.8. The van der Waals surface area contributed by atoms with Crippen LogP contribution in [0.5, 0.6) is 0 Å². The van der Waals surface area contributed by atoms with Crippen LogP contribution in [-0.4, -0.2) is 17.9 Å². The molecular formula is C30H57LuO6. The fraction of sp³-hybridized carbons (Fsp3) is 0.900. The van der Waals surface area contributed by atoms with Crippen molar-refractivity contribution >= 4 is 17.9 Å². The van der Waals surface area contributed by atoms with E-state index in [9.17, 15) is 29.7 Å². The minimum Gasteiger partial charge on any atom is -0.550 e. The van der Waals surface area contributed by atoms with Gasteiger partial charge in [0.1, 0.15) is 0 Å². The second-order valence-electron chi connectivity index (χ2n) is 11.3. The van der Waals surface area contributed by atoms with Gasteiger partial charge >= 0.3 is 36.9 Å². The first-order valence-corrected chi connectivity index (χ1v) is 14.3. The summed E-state index contributed by atoms with van der Waals surface area (Å²) in [6, 6.07) is 0. The van der Waals surface area contributed by atoms with E-state index in [-0.39, 0.29) is 36.9 Å². The summed E-state index contributed by atoms with van der Waals surface area (Å²) >= 11 is 0. The Balaban J connectivity index is -0.000000218. The smallest absolute Gasteiger partial charge is 0.550 e. The molecule has 0 aromatic carbocycles. The van der Waals surface area contributed by atoms with Gasteiger partial charge in [-0.05, 0) is 32.1 Å². The Morgan fingerprint density at radius 3 is 1.24 bits per heavy atom. The first-order valence-electron chi connectivity index (χ1n) is 14.3. The Morgan fingerprint density at radius 2 is 0.892 bits per heavy atom. The van der Waals surface area contributed by atoms with Crippen LogP contribution in [0.15, 0.2) is 0 Å². The summed E-state index contributed by atoms with van der Waals surface area (Å²) in [5.74, 6) is -2.72. The summed E-state index contributed by atoms with van der Waals surface area (Å²) in [6.07, 6.45) is 14.3. The molecule has 0 bridgehead atoms. The van der Waals surface area contributed by atoms with E-state index in [1.807, 2.05) is 13.8 Å². The van der Waals surface area contributed by atoms with Gasteiger partial charge in [0, 0.05) is 34.2 Å². The third kappa shape index (κ3) is 22.2. The number of carboxylic acids is 3. The zero-order chi connectivity index (χ0) is 28.8. The van der Waals surface area contributed by atoms with Crippen LogP contribution in [0.25, 0.3) is 0 Å². The van der Waals surface area contributed by atoms with Crippen molar-refractivity contribution in [3.8, 4) is 0 Å². The second-order valence-corrected chi connectivity index (χ2v) is 11.3. The maximum Gasteiger partial charge on any atom is 3.00 e. The Hall–Kier alpha value is -0.356. The van der Waals surface area contributed by atoms with Crippen molar-refractivity contribution in [2.75, 3.05) is 0 Å². The SMILES string of the molecule is CCCCC(C)(CCC)C(=O)[O-].CCCCCC(C)(CC)C(=O)[O-].CCCCCCC(C)(C)C(=O)[O-].[Lu+3]. The Bertz CT molecular complexity index is 593. The predicted octanol–water partition coefficient (Wildman–Crippen LogP) is 5.20. The van der Waals surface area contributed by atoms with E-state index in [0.29, 0.717) is 6.42 Å². The van der Waals surface area contributed by atoms with Crippen LogP contribution < -0.4 is 15.3 Å². The summed E-state index contributed by atoms with van der Waals surface area (Å²) < 4.78 is 0. The van der Waals surface area contributed by atoms with E-state index in [1.54, 1.807) is 27.7 Å². The van der Waals surface area contributed by atoms with Crippen LogP contribution in [0, 0.1) is 53.1 Å². The summed E-state index contributed by atoms with van der Waals surface area (Å²) in [5, 5.41) is 32.1. The van der Waals surface area contributed by atoms with E-state index in [0.717, 1.165) is 77.0 Å². The molecule has 0 aromatic rings. The number of aliphatic carboxylic acids is 3. The van der Waals surface area contributed by atoms with Crippen LogP contribution in [0.4, 0.5) is 0 Å². The Labute approximate surface area is 258 Å². The second kappa shape index (κ2) is 24.7. The third-order valence-electron chi connectivity index (χ3n) is 7.19. The molecule has 228 valence electrons. The molecule has 37 heavy (non-hydrogen) atoms. The van der Waals surface area contributed by atoms with Gasteiger partial charge in [-0.2, -0.15) is 0 Å². The molecule has 0 saturated carbocycles. The number of carbonyl (C=O) groups is 3. The van der Waals surface area contributed by atoms with Crippen molar-refractivity contribution in [1.29, 1.82) is 0 Å². The molecule has 2 unspecified atom stereocenters. The van der Waals surface area contributed by atoms with Crippen LogP contribution in [0.3, 0.4) is 0 Å². The molecule has 7 heteroatoms. The maximum atomic E-state index is 10.8. The summed E-state index contributed by atoms with van der Waals surface area (Å²) in [4.78, 5) is 32.1. The third-order valence-corrected chi connectivity index (χ3v) is 7.19. The van der Waals surface area contributed by atoms with Gasteiger partial charge in [0.05, 0.1) is 0 Å². The van der Waals surface area contributed by atoms with E-state index >= 15 is 0 Å². The Morgan fingerprint density at radius 1 is 0.486 bits per heavy atom. The molecule has 0 saturated heterocycles. The number of hydrogen-bond acceptors (Lipinski definition) is 6. The minimum absolute atomic E-state index is 0.